The van der Waals surface area contributed by atoms with Crippen molar-refractivity contribution in [3.8, 4) is 0 Å². The van der Waals surface area contributed by atoms with Gasteiger partial charge in [-0.25, -0.2) is 4.98 Å². The van der Waals surface area contributed by atoms with Crippen LogP contribution in [0.1, 0.15) is 23.7 Å². The van der Waals surface area contributed by atoms with Gasteiger partial charge in [0.1, 0.15) is 5.82 Å². The van der Waals surface area contributed by atoms with Gasteiger partial charge in [-0.05, 0) is 32.4 Å². The molecule has 0 radical (unpaired) electrons. The lowest BCUT2D eigenvalue weighted by atomic mass is 10.1. The van der Waals surface area contributed by atoms with E-state index in [-0.39, 0.29) is 18.8 Å². The van der Waals surface area contributed by atoms with Crippen LogP contribution in [-0.2, 0) is 11.3 Å². The van der Waals surface area contributed by atoms with Gasteiger partial charge in [0.2, 0.25) is 0 Å². The molecule has 1 saturated heterocycles. The first-order chi connectivity index (χ1) is 9.06. The van der Waals surface area contributed by atoms with Gasteiger partial charge in [-0.3, -0.25) is 0 Å². The van der Waals surface area contributed by atoms with Crippen LogP contribution in [0.2, 0.25) is 0 Å². The molecule has 2 rings (SSSR count). The maximum atomic E-state index is 9.28. The lowest BCUT2D eigenvalue weighted by Crippen LogP contribution is -2.50. The molecule has 5 heteroatoms. The Bertz CT molecular complexity index is 451. The van der Waals surface area contributed by atoms with Gasteiger partial charge in [0.15, 0.2) is 0 Å². The number of morpholine rings is 1. The SMILES string of the molecule is Cc1cc(C)c(CN)c(N2CC(CO)OCC2C)n1. The van der Waals surface area contributed by atoms with Crippen molar-refractivity contribution >= 4 is 5.82 Å². The van der Waals surface area contributed by atoms with Crippen LogP contribution >= 0.6 is 0 Å². The summed E-state index contributed by atoms with van der Waals surface area (Å²) in [6.07, 6.45) is -0.149. The van der Waals surface area contributed by atoms with Crippen molar-refractivity contribution in [1.29, 1.82) is 0 Å². The van der Waals surface area contributed by atoms with Gasteiger partial charge in [0, 0.05) is 24.3 Å². The highest BCUT2D eigenvalue weighted by molar-refractivity contribution is 5.52. The highest BCUT2D eigenvalue weighted by Crippen LogP contribution is 2.26. The first kappa shape index (κ1) is 14.2. The normalized spacial score (nSPS) is 23.7. The molecule has 0 spiro atoms. The van der Waals surface area contributed by atoms with Crippen molar-refractivity contribution in [2.75, 3.05) is 24.7 Å². The Morgan fingerprint density at radius 3 is 2.89 bits per heavy atom. The number of pyridine rings is 1. The quantitative estimate of drug-likeness (QED) is 0.843. The van der Waals surface area contributed by atoms with E-state index in [4.69, 9.17) is 10.5 Å². The van der Waals surface area contributed by atoms with Gasteiger partial charge in [0.25, 0.3) is 0 Å². The van der Waals surface area contributed by atoms with Crippen LogP contribution in [0, 0.1) is 13.8 Å². The van der Waals surface area contributed by atoms with Crippen LogP contribution in [0.25, 0.3) is 0 Å². The second-order valence-electron chi connectivity index (χ2n) is 5.23. The van der Waals surface area contributed by atoms with Gasteiger partial charge < -0.3 is 20.5 Å². The summed E-state index contributed by atoms with van der Waals surface area (Å²) >= 11 is 0. The molecule has 1 fully saturated rings. The molecule has 2 atom stereocenters. The smallest absolute Gasteiger partial charge is 0.134 e. The summed E-state index contributed by atoms with van der Waals surface area (Å²) in [5.74, 6) is 0.939. The van der Waals surface area contributed by atoms with E-state index in [9.17, 15) is 5.11 Å². The minimum Gasteiger partial charge on any atom is -0.394 e. The Kier molecular flexibility index (Phi) is 4.39. The summed E-state index contributed by atoms with van der Waals surface area (Å²) in [5.41, 5.74) is 9.11. The highest BCUT2D eigenvalue weighted by atomic mass is 16.5. The van der Waals surface area contributed by atoms with Crippen LogP contribution in [0.5, 0.6) is 0 Å². The zero-order valence-corrected chi connectivity index (χ0v) is 11.9. The van der Waals surface area contributed by atoms with Gasteiger partial charge >= 0.3 is 0 Å². The van der Waals surface area contributed by atoms with Crippen molar-refractivity contribution in [3.05, 3.63) is 22.9 Å². The van der Waals surface area contributed by atoms with Gasteiger partial charge in [-0.1, -0.05) is 0 Å². The monoisotopic (exact) mass is 265 g/mol. The molecule has 1 aromatic heterocycles. The zero-order chi connectivity index (χ0) is 14.0. The molecular weight excluding hydrogens is 242 g/mol. The third kappa shape index (κ3) is 2.88. The number of ether oxygens (including phenoxy) is 1. The number of rotatable bonds is 3. The minimum atomic E-state index is -0.149. The molecule has 1 aliphatic rings. The zero-order valence-electron chi connectivity index (χ0n) is 11.9. The number of aliphatic hydroxyl groups is 1. The van der Waals surface area contributed by atoms with E-state index in [1.807, 2.05) is 6.92 Å². The Labute approximate surface area is 114 Å². The van der Waals surface area contributed by atoms with E-state index < -0.39 is 0 Å². The predicted molar refractivity (Wildman–Crippen MR) is 75.2 cm³/mol. The Balaban J connectivity index is 2.38. The summed E-state index contributed by atoms with van der Waals surface area (Å²) in [6, 6.07) is 2.29. The molecule has 1 aliphatic heterocycles. The van der Waals surface area contributed by atoms with Crippen LogP contribution in [0.3, 0.4) is 0 Å². The Morgan fingerprint density at radius 2 is 2.26 bits per heavy atom. The first-order valence-electron chi connectivity index (χ1n) is 6.73. The maximum absolute atomic E-state index is 9.28. The first-order valence-corrected chi connectivity index (χ1v) is 6.73. The molecule has 0 saturated carbocycles. The number of aliphatic hydroxyl groups excluding tert-OH is 1. The predicted octanol–water partition coefficient (Wildman–Crippen LogP) is 0.743. The van der Waals surface area contributed by atoms with Gasteiger partial charge in [-0.2, -0.15) is 0 Å². The summed E-state index contributed by atoms with van der Waals surface area (Å²) in [4.78, 5) is 6.86. The summed E-state index contributed by atoms with van der Waals surface area (Å²) in [7, 11) is 0. The van der Waals surface area contributed by atoms with Crippen molar-refractivity contribution in [1.82, 2.24) is 4.98 Å². The standard InChI is InChI=1S/C14H23N3O2/c1-9-4-10(2)16-14(13(9)5-15)17-6-12(7-18)19-8-11(17)3/h4,11-12,18H,5-8,15H2,1-3H3. The molecule has 3 N–H and O–H groups in total. The summed E-state index contributed by atoms with van der Waals surface area (Å²) < 4.78 is 5.57. The molecule has 0 aromatic carbocycles. The van der Waals surface area contributed by atoms with E-state index in [0.29, 0.717) is 19.7 Å². The largest absolute Gasteiger partial charge is 0.394 e. The number of aromatic nitrogens is 1. The number of aryl methyl sites for hydroxylation is 2. The van der Waals surface area contributed by atoms with Crippen LogP contribution in [0.4, 0.5) is 5.82 Å². The lowest BCUT2D eigenvalue weighted by molar-refractivity contribution is -0.0106. The molecule has 1 aromatic rings. The molecule has 19 heavy (non-hydrogen) atoms. The van der Waals surface area contributed by atoms with Crippen LogP contribution < -0.4 is 10.6 Å². The minimum absolute atomic E-state index is 0.0337. The topological polar surface area (TPSA) is 71.6 Å². The summed E-state index contributed by atoms with van der Waals surface area (Å²) in [5, 5.41) is 9.28. The molecule has 0 aliphatic carbocycles. The summed E-state index contributed by atoms with van der Waals surface area (Å²) in [6.45, 7) is 7.92. The third-order valence-corrected chi connectivity index (χ3v) is 3.64. The van der Waals surface area contributed by atoms with Crippen LogP contribution in [-0.4, -0.2) is 42.0 Å². The average Bonchev–Trinajstić information content (AvgIpc) is 2.38. The molecule has 2 heterocycles. The van der Waals surface area contributed by atoms with Crippen molar-refractivity contribution in [2.24, 2.45) is 5.73 Å². The maximum Gasteiger partial charge on any atom is 0.134 e. The molecule has 106 valence electrons. The fourth-order valence-corrected chi connectivity index (χ4v) is 2.56. The fourth-order valence-electron chi connectivity index (χ4n) is 2.56. The van der Waals surface area contributed by atoms with Crippen LogP contribution in [0.15, 0.2) is 6.07 Å². The fraction of sp³-hybridized carbons (Fsp3) is 0.643. The van der Waals surface area contributed by atoms with Gasteiger partial charge in [0.05, 0.1) is 25.4 Å². The molecule has 2 unspecified atom stereocenters. The number of hydrogen-bond acceptors (Lipinski definition) is 5. The number of nitrogens with zero attached hydrogens (tertiary/aromatic N) is 2. The average molecular weight is 265 g/mol. The number of hydrogen-bond donors (Lipinski definition) is 2. The van der Waals surface area contributed by atoms with E-state index in [0.717, 1.165) is 17.1 Å². The second kappa shape index (κ2) is 5.86. The molecular formula is C14H23N3O2. The third-order valence-electron chi connectivity index (χ3n) is 3.64. The van der Waals surface area contributed by atoms with E-state index in [1.54, 1.807) is 0 Å². The van der Waals surface area contributed by atoms with Crippen molar-refractivity contribution < 1.29 is 9.84 Å². The van der Waals surface area contributed by atoms with E-state index in [2.05, 4.69) is 29.8 Å². The van der Waals surface area contributed by atoms with E-state index >= 15 is 0 Å². The number of anilines is 1. The van der Waals surface area contributed by atoms with Gasteiger partial charge in [-0.15, -0.1) is 0 Å². The highest BCUT2D eigenvalue weighted by Gasteiger charge is 2.28. The molecule has 5 nitrogen and oxygen atoms in total. The molecule has 0 amide bonds. The van der Waals surface area contributed by atoms with Crippen molar-refractivity contribution in [2.45, 2.75) is 39.5 Å². The Hall–Kier alpha value is -1.17. The lowest BCUT2D eigenvalue weighted by Gasteiger charge is -2.39. The number of nitrogens with two attached hydrogens (primary N) is 1. The van der Waals surface area contributed by atoms with Crippen molar-refractivity contribution in [3.63, 3.8) is 0 Å². The van der Waals surface area contributed by atoms with E-state index in [1.165, 1.54) is 5.56 Å². The Morgan fingerprint density at radius 1 is 1.53 bits per heavy atom. The molecule has 0 bridgehead atoms. The second-order valence-corrected chi connectivity index (χ2v) is 5.23.